The molecule has 0 bridgehead atoms. The highest BCUT2D eigenvalue weighted by Gasteiger charge is 2.28. The van der Waals surface area contributed by atoms with Gasteiger partial charge in [-0.15, -0.1) is 0 Å². The number of carbonyl (C=O) groups is 1. The fourth-order valence-electron chi connectivity index (χ4n) is 6.46. The lowest BCUT2D eigenvalue weighted by Crippen LogP contribution is -2.46. The molecule has 5 rings (SSSR count). The predicted molar refractivity (Wildman–Crippen MR) is 165 cm³/mol. The van der Waals surface area contributed by atoms with Gasteiger partial charge < -0.3 is 30.1 Å². The van der Waals surface area contributed by atoms with Crippen molar-refractivity contribution in [3.8, 4) is 5.75 Å². The van der Waals surface area contributed by atoms with Crippen molar-refractivity contribution in [2.24, 2.45) is 0 Å². The van der Waals surface area contributed by atoms with Gasteiger partial charge in [-0.1, -0.05) is 13.3 Å². The Morgan fingerprint density at radius 3 is 2.56 bits per heavy atom. The number of anilines is 2. The molecule has 2 saturated heterocycles. The maximum absolute atomic E-state index is 11.3. The molecule has 0 unspecified atom stereocenters. The van der Waals surface area contributed by atoms with E-state index >= 15 is 0 Å². The van der Waals surface area contributed by atoms with Crippen molar-refractivity contribution < 1.29 is 19.7 Å². The third-order valence-corrected chi connectivity index (χ3v) is 8.84. The lowest BCUT2D eigenvalue weighted by atomic mass is 9.88. The van der Waals surface area contributed by atoms with E-state index in [1.165, 1.54) is 31.5 Å². The largest absolute Gasteiger partial charge is 0.495 e. The Kier molecular flexibility index (Phi) is 10.3. The van der Waals surface area contributed by atoms with Gasteiger partial charge in [0.05, 0.1) is 19.9 Å². The standard InChI is InChI=1S/C30H45N9O4/c1-4-5-22(10-15-40)33-28-27-24(34-29(35-28)36-30(41)42)18-32-39(27)19-25-26(43-3)16-21(17-31-25)20-6-13-38(14-7-20)23-8-11-37(2)12-9-23/h16-18,20,22-23,40H,4-15,19H2,1-3H3,(H,41,42)(H2,33,34,35,36)/t22-/m0/s1. The van der Waals surface area contributed by atoms with Crippen molar-refractivity contribution in [2.75, 3.05) is 57.6 Å². The van der Waals surface area contributed by atoms with Gasteiger partial charge in [-0.25, -0.2) is 9.78 Å². The molecule has 13 heteroatoms. The van der Waals surface area contributed by atoms with Crippen LogP contribution in [0.2, 0.25) is 0 Å². The molecule has 4 N–H and O–H groups in total. The van der Waals surface area contributed by atoms with Crippen LogP contribution >= 0.6 is 0 Å². The summed E-state index contributed by atoms with van der Waals surface area (Å²) in [4.78, 5) is 30.1. The molecule has 0 aliphatic carbocycles. The van der Waals surface area contributed by atoms with E-state index in [0.717, 1.165) is 44.5 Å². The number of nitrogens with one attached hydrogen (secondary N) is 2. The van der Waals surface area contributed by atoms with Crippen LogP contribution in [-0.2, 0) is 6.54 Å². The minimum Gasteiger partial charge on any atom is -0.495 e. The summed E-state index contributed by atoms with van der Waals surface area (Å²) in [5.74, 6) is 1.57. The second-order valence-corrected chi connectivity index (χ2v) is 11.8. The average Bonchev–Trinajstić information content (AvgIpc) is 3.40. The van der Waals surface area contributed by atoms with Gasteiger partial charge in [-0.05, 0) is 89.3 Å². The molecule has 234 valence electrons. The van der Waals surface area contributed by atoms with Gasteiger partial charge in [0.25, 0.3) is 0 Å². The Labute approximate surface area is 252 Å². The van der Waals surface area contributed by atoms with Crippen LogP contribution in [0.4, 0.5) is 16.6 Å². The van der Waals surface area contributed by atoms with Crippen LogP contribution in [0.1, 0.15) is 69.0 Å². The number of ether oxygens (including phenoxy) is 1. The van der Waals surface area contributed by atoms with Crippen molar-refractivity contribution >= 4 is 28.9 Å². The third-order valence-electron chi connectivity index (χ3n) is 8.84. The highest BCUT2D eigenvalue weighted by molar-refractivity contribution is 5.89. The van der Waals surface area contributed by atoms with E-state index in [4.69, 9.17) is 9.72 Å². The van der Waals surface area contributed by atoms with Gasteiger partial charge in [0.1, 0.15) is 22.5 Å². The van der Waals surface area contributed by atoms with Crippen molar-refractivity contribution in [1.29, 1.82) is 0 Å². The maximum Gasteiger partial charge on any atom is 0.411 e. The predicted octanol–water partition coefficient (Wildman–Crippen LogP) is 3.60. The minimum absolute atomic E-state index is 0.0239. The number of fused-ring (bicyclic) bond motifs is 1. The molecular weight excluding hydrogens is 550 g/mol. The van der Waals surface area contributed by atoms with E-state index in [9.17, 15) is 15.0 Å². The van der Waals surface area contributed by atoms with E-state index < -0.39 is 6.09 Å². The molecule has 2 aliphatic heterocycles. The third kappa shape index (κ3) is 7.51. The first kappa shape index (κ1) is 30.9. The molecule has 1 amide bonds. The van der Waals surface area contributed by atoms with Crippen molar-refractivity contribution in [3.63, 3.8) is 0 Å². The van der Waals surface area contributed by atoms with Crippen molar-refractivity contribution in [1.82, 2.24) is 34.5 Å². The molecule has 43 heavy (non-hydrogen) atoms. The monoisotopic (exact) mass is 595 g/mol. The van der Waals surface area contributed by atoms with Gasteiger partial charge >= 0.3 is 6.09 Å². The molecule has 0 radical (unpaired) electrons. The Morgan fingerprint density at radius 2 is 1.88 bits per heavy atom. The lowest BCUT2D eigenvalue weighted by Gasteiger charge is -2.41. The van der Waals surface area contributed by atoms with Gasteiger partial charge in [-0.2, -0.15) is 10.1 Å². The van der Waals surface area contributed by atoms with Gasteiger partial charge in [-0.3, -0.25) is 15.0 Å². The highest BCUT2D eigenvalue weighted by atomic mass is 16.5. The number of aromatic nitrogens is 5. The van der Waals surface area contributed by atoms with Crippen LogP contribution in [0.15, 0.2) is 18.5 Å². The first-order chi connectivity index (χ1) is 20.9. The fraction of sp³-hybridized carbons (Fsp3) is 0.633. The van der Waals surface area contributed by atoms with Crippen LogP contribution in [0, 0.1) is 0 Å². The molecule has 3 aromatic rings. The summed E-state index contributed by atoms with van der Waals surface area (Å²) < 4.78 is 7.58. The molecule has 0 spiro atoms. The molecule has 0 saturated carbocycles. The van der Waals surface area contributed by atoms with Crippen LogP contribution in [0.3, 0.4) is 0 Å². The van der Waals surface area contributed by atoms with Gasteiger partial charge in [0, 0.05) is 24.9 Å². The number of aliphatic hydroxyl groups excluding tert-OH is 1. The summed E-state index contributed by atoms with van der Waals surface area (Å²) in [6.45, 7) is 7.03. The van der Waals surface area contributed by atoms with Gasteiger partial charge in [0.2, 0.25) is 5.95 Å². The number of carboxylic acid groups (broad SMARTS) is 1. The molecule has 3 aromatic heterocycles. The molecule has 1 atom stereocenters. The van der Waals surface area contributed by atoms with Crippen molar-refractivity contribution in [2.45, 2.75) is 76.4 Å². The summed E-state index contributed by atoms with van der Waals surface area (Å²) in [7, 11) is 3.88. The molecule has 13 nitrogen and oxygen atoms in total. The number of methoxy groups -OCH3 is 1. The normalized spacial score (nSPS) is 18.1. The van der Waals surface area contributed by atoms with E-state index in [1.54, 1.807) is 18.0 Å². The topological polar surface area (TPSA) is 154 Å². The summed E-state index contributed by atoms with van der Waals surface area (Å²) in [6, 6.07) is 2.77. The molecule has 0 aromatic carbocycles. The summed E-state index contributed by atoms with van der Waals surface area (Å²) in [6.07, 6.45) is 9.33. The average molecular weight is 596 g/mol. The zero-order chi connectivity index (χ0) is 30.3. The second-order valence-electron chi connectivity index (χ2n) is 11.8. The van der Waals surface area contributed by atoms with Crippen molar-refractivity contribution in [3.05, 3.63) is 29.7 Å². The Morgan fingerprint density at radius 1 is 1.12 bits per heavy atom. The van der Waals surface area contributed by atoms with Crippen LogP contribution in [0.5, 0.6) is 5.75 Å². The lowest BCUT2D eigenvalue weighted by molar-refractivity contribution is 0.0965. The van der Waals surface area contributed by atoms with E-state index in [-0.39, 0.29) is 18.6 Å². The summed E-state index contributed by atoms with van der Waals surface area (Å²) in [5, 5.41) is 29.0. The van der Waals surface area contributed by atoms with E-state index in [0.29, 0.717) is 47.5 Å². The zero-order valence-electron chi connectivity index (χ0n) is 25.5. The fourth-order valence-corrected chi connectivity index (χ4v) is 6.46. The number of amides is 1. The number of likely N-dealkylation sites (tertiary alicyclic amines) is 2. The summed E-state index contributed by atoms with van der Waals surface area (Å²) in [5.41, 5.74) is 3.06. The number of piperidine rings is 2. The number of nitrogens with zero attached hydrogens (tertiary/aromatic N) is 7. The maximum atomic E-state index is 11.3. The number of hydrogen-bond acceptors (Lipinski definition) is 10. The number of rotatable bonds is 12. The number of pyridine rings is 1. The van der Waals surface area contributed by atoms with Crippen LogP contribution in [-0.4, -0.2) is 110 Å². The van der Waals surface area contributed by atoms with E-state index in [2.05, 4.69) is 55.5 Å². The second kappa shape index (κ2) is 14.3. The molecule has 2 aliphatic rings. The van der Waals surface area contributed by atoms with Crippen LogP contribution in [0.25, 0.3) is 11.0 Å². The number of aliphatic hydroxyl groups is 1. The van der Waals surface area contributed by atoms with Crippen LogP contribution < -0.4 is 15.4 Å². The molecule has 5 heterocycles. The Bertz CT molecular complexity index is 1360. The summed E-state index contributed by atoms with van der Waals surface area (Å²) >= 11 is 0. The SMILES string of the molecule is CCC[C@@H](CCO)Nc1nc(NC(=O)O)nc2cnn(Cc3ncc(C4CCN(C5CCN(C)CC5)CC4)cc3OC)c12. The first-order valence-corrected chi connectivity index (χ1v) is 15.4. The van der Waals surface area contributed by atoms with Gasteiger partial charge in [0.15, 0.2) is 5.82 Å². The Balaban J connectivity index is 1.35. The molecule has 2 fully saturated rings. The number of hydrogen-bond donors (Lipinski definition) is 4. The smallest absolute Gasteiger partial charge is 0.411 e. The van der Waals surface area contributed by atoms with E-state index in [1.807, 2.05) is 6.20 Å². The Hall–Kier alpha value is -3.55. The first-order valence-electron chi connectivity index (χ1n) is 15.4. The highest BCUT2D eigenvalue weighted by Crippen LogP contribution is 2.33. The molecular formula is C30H45N9O4. The quantitative estimate of drug-likeness (QED) is 0.243. The zero-order valence-corrected chi connectivity index (χ0v) is 25.5. The minimum atomic E-state index is -1.25.